The van der Waals surface area contributed by atoms with E-state index in [9.17, 15) is 8.42 Å². The number of aromatic nitrogens is 5. The molecule has 10 nitrogen and oxygen atoms in total. The number of hydrogen-bond acceptors (Lipinski definition) is 7. The van der Waals surface area contributed by atoms with E-state index in [0.717, 1.165) is 57.1 Å². The number of nitrogens with zero attached hydrogens (tertiary/aromatic N) is 3. The molecule has 3 aromatic heterocycles. The summed E-state index contributed by atoms with van der Waals surface area (Å²) in [5, 5.41) is 8.77. The first-order valence-corrected chi connectivity index (χ1v) is 16.7. The van der Waals surface area contributed by atoms with E-state index in [-0.39, 0.29) is 22.9 Å². The Balaban J connectivity index is 1.28. The molecule has 2 aliphatic carbocycles. The smallest absolute Gasteiger partial charge is 0.241 e. The summed E-state index contributed by atoms with van der Waals surface area (Å²) in [6.07, 6.45) is 4.68. The third-order valence-corrected chi connectivity index (χ3v) is 10.1. The van der Waals surface area contributed by atoms with E-state index >= 15 is 0 Å². The molecule has 2 aliphatic rings. The maximum absolute atomic E-state index is 13.9. The molecule has 1 fully saturated rings. The van der Waals surface area contributed by atoms with Gasteiger partial charge in [0.15, 0.2) is 0 Å². The molecular weight excluding hydrogens is 572 g/mol. The number of pyridine rings is 1. The number of benzene rings is 3. The molecule has 224 valence electrons. The predicted molar refractivity (Wildman–Crippen MR) is 173 cm³/mol. The highest BCUT2D eigenvalue weighted by Crippen LogP contribution is 2.48. The van der Waals surface area contributed by atoms with Gasteiger partial charge in [-0.15, -0.1) is 0 Å². The number of anilines is 2. The highest BCUT2D eigenvalue weighted by atomic mass is 32.2. The second kappa shape index (κ2) is 10.3. The van der Waals surface area contributed by atoms with Crippen molar-refractivity contribution < 1.29 is 8.42 Å². The lowest BCUT2D eigenvalue weighted by molar-refractivity contribution is 0.561. The van der Waals surface area contributed by atoms with Crippen molar-refractivity contribution in [1.82, 2.24) is 29.6 Å². The SMILES string of the molecule is CC(C)CNS(=O)(=O)c1cc2c(c3cnc(C4CC4)cc13)C(Nc1nc3ccccc3[nH]1)CC2Nc1nc2ccccc2[nH]1. The van der Waals surface area contributed by atoms with E-state index in [1.54, 1.807) is 0 Å². The summed E-state index contributed by atoms with van der Waals surface area (Å²) in [5.41, 5.74) is 6.49. The van der Waals surface area contributed by atoms with Crippen molar-refractivity contribution in [3.05, 3.63) is 83.7 Å². The van der Waals surface area contributed by atoms with Gasteiger partial charge < -0.3 is 20.6 Å². The van der Waals surface area contributed by atoms with Gasteiger partial charge in [-0.05, 0) is 72.7 Å². The van der Waals surface area contributed by atoms with Crippen molar-refractivity contribution in [2.45, 2.75) is 56.0 Å². The van der Waals surface area contributed by atoms with Crippen LogP contribution in [-0.2, 0) is 10.0 Å². The van der Waals surface area contributed by atoms with Crippen molar-refractivity contribution in [2.24, 2.45) is 5.92 Å². The van der Waals surface area contributed by atoms with Crippen LogP contribution in [0.4, 0.5) is 11.9 Å². The van der Waals surface area contributed by atoms with Crippen LogP contribution in [-0.4, -0.2) is 39.9 Å². The Morgan fingerprint density at radius 3 is 2.11 bits per heavy atom. The number of hydrogen-bond donors (Lipinski definition) is 5. The van der Waals surface area contributed by atoms with E-state index in [2.05, 4.69) is 25.3 Å². The van der Waals surface area contributed by atoms with E-state index in [1.165, 1.54) is 0 Å². The number of sulfonamides is 1. The van der Waals surface area contributed by atoms with Gasteiger partial charge in [0.25, 0.3) is 0 Å². The number of H-pyrrole nitrogens is 2. The summed E-state index contributed by atoms with van der Waals surface area (Å²) in [7, 11) is -3.80. The average Bonchev–Trinajstić information content (AvgIpc) is 3.52. The Morgan fingerprint density at radius 1 is 0.864 bits per heavy atom. The highest BCUT2D eigenvalue weighted by molar-refractivity contribution is 7.89. The van der Waals surface area contributed by atoms with Gasteiger partial charge in [-0.25, -0.2) is 23.1 Å². The lowest BCUT2D eigenvalue weighted by Crippen LogP contribution is -2.28. The van der Waals surface area contributed by atoms with Gasteiger partial charge in [-0.2, -0.15) is 0 Å². The third kappa shape index (κ3) is 4.86. The van der Waals surface area contributed by atoms with E-state index in [4.69, 9.17) is 15.0 Å². The normalized spacial score (nSPS) is 18.4. The lowest BCUT2D eigenvalue weighted by atomic mass is 9.98. The van der Waals surface area contributed by atoms with Gasteiger partial charge in [0, 0.05) is 35.1 Å². The fraction of sp³-hybridized carbons (Fsp3) is 0.303. The number of rotatable bonds is 9. The molecule has 2 atom stereocenters. The summed E-state index contributed by atoms with van der Waals surface area (Å²) in [4.78, 5) is 21.5. The molecule has 6 aromatic rings. The minimum Gasteiger partial charge on any atom is -0.349 e. The van der Waals surface area contributed by atoms with E-state index < -0.39 is 10.0 Å². The summed E-state index contributed by atoms with van der Waals surface area (Å²) in [6.45, 7) is 4.36. The zero-order valence-electron chi connectivity index (χ0n) is 24.6. The maximum atomic E-state index is 13.9. The molecule has 0 amide bonds. The molecule has 2 unspecified atom stereocenters. The van der Waals surface area contributed by atoms with Gasteiger partial charge in [0.1, 0.15) is 0 Å². The molecule has 0 radical (unpaired) electrons. The van der Waals surface area contributed by atoms with Crippen LogP contribution in [0.25, 0.3) is 32.8 Å². The number of para-hydroxylation sites is 4. The second-order valence-corrected chi connectivity index (χ2v) is 14.1. The minimum absolute atomic E-state index is 0.163. The van der Waals surface area contributed by atoms with Crippen LogP contribution in [0, 0.1) is 5.92 Å². The lowest BCUT2D eigenvalue weighted by Gasteiger charge is -2.19. The van der Waals surface area contributed by atoms with Gasteiger partial charge in [0.05, 0.1) is 39.0 Å². The Morgan fingerprint density at radius 2 is 1.50 bits per heavy atom. The molecule has 8 rings (SSSR count). The van der Waals surface area contributed by atoms with Crippen molar-refractivity contribution in [3.63, 3.8) is 0 Å². The minimum atomic E-state index is -3.80. The monoisotopic (exact) mass is 606 g/mol. The zero-order valence-corrected chi connectivity index (χ0v) is 25.4. The third-order valence-electron chi connectivity index (χ3n) is 8.64. The van der Waals surface area contributed by atoms with Crippen LogP contribution in [0.2, 0.25) is 0 Å². The first kappa shape index (κ1) is 27.1. The number of imidazole rings is 2. The molecule has 11 heteroatoms. The Hall–Kier alpha value is -4.48. The van der Waals surface area contributed by atoms with Crippen LogP contribution in [0.3, 0.4) is 0 Å². The summed E-state index contributed by atoms with van der Waals surface area (Å²) in [6, 6.07) is 19.3. The van der Waals surface area contributed by atoms with Crippen LogP contribution >= 0.6 is 0 Å². The van der Waals surface area contributed by atoms with Crippen molar-refractivity contribution >= 4 is 54.8 Å². The highest BCUT2D eigenvalue weighted by Gasteiger charge is 2.37. The van der Waals surface area contributed by atoms with Crippen molar-refractivity contribution in [3.8, 4) is 0 Å². The molecule has 3 heterocycles. The fourth-order valence-corrected chi connectivity index (χ4v) is 7.77. The predicted octanol–water partition coefficient (Wildman–Crippen LogP) is 6.51. The second-order valence-electron chi connectivity index (χ2n) is 12.4. The summed E-state index contributed by atoms with van der Waals surface area (Å²) < 4.78 is 30.7. The molecule has 0 spiro atoms. The van der Waals surface area contributed by atoms with Gasteiger partial charge >= 0.3 is 0 Å². The largest absolute Gasteiger partial charge is 0.349 e. The topological polar surface area (TPSA) is 140 Å². The first-order chi connectivity index (χ1) is 21.3. The number of aromatic amines is 2. The van der Waals surface area contributed by atoms with Gasteiger partial charge in [0.2, 0.25) is 21.9 Å². The van der Waals surface area contributed by atoms with Crippen LogP contribution in [0.15, 0.2) is 71.8 Å². The molecule has 1 saturated carbocycles. The van der Waals surface area contributed by atoms with Crippen LogP contribution in [0.1, 0.15) is 67.9 Å². The van der Waals surface area contributed by atoms with Crippen LogP contribution < -0.4 is 15.4 Å². The molecule has 0 saturated heterocycles. The number of fused-ring (bicyclic) bond motifs is 5. The zero-order chi connectivity index (χ0) is 30.0. The van der Waals surface area contributed by atoms with Gasteiger partial charge in [-0.1, -0.05) is 38.1 Å². The van der Waals surface area contributed by atoms with Crippen molar-refractivity contribution in [1.29, 1.82) is 0 Å². The quantitative estimate of drug-likeness (QED) is 0.126. The average molecular weight is 607 g/mol. The number of nitrogens with one attached hydrogen (secondary N) is 5. The van der Waals surface area contributed by atoms with Crippen molar-refractivity contribution in [2.75, 3.05) is 17.2 Å². The molecule has 3 aromatic carbocycles. The van der Waals surface area contributed by atoms with E-state index in [1.807, 2.05) is 80.7 Å². The Bertz CT molecular complexity index is 2080. The van der Waals surface area contributed by atoms with E-state index in [0.29, 0.717) is 36.2 Å². The fourth-order valence-electron chi connectivity index (χ4n) is 6.32. The molecule has 0 aliphatic heterocycles. The molecular formula is C33H34N8O2S. The molecule has 44 heavy (non-hydrogen) atoms. The Labute approximate surface area is 255 Å². The summed E-state index contributed by atoms with van der Waals surface area (Å²) >= 11 is 0. The Kier molecular flexibility index (Phi) is 6.35. The van der Waals surface area contributed by atoms with Gasteiger partial charge in [-0.3, -0.25) is 4.98 Å². The first-order valence-electron chi connectivity index (χ1n) is 15.2. The molecule has 0 bridgehead atoms. The van der Waals surface area contributed by atoms with Crippen LogP contribution in [0.5, 0.6) is 0 Å². The standard InChI is InChI=1S/C33H34N8O2S/c1-18(2)16-35-44(42,43)30-14-21-28(40-32-36-23-7-3-4-8-24(23)37-32)15-29(41-33-38-25-9-5-6-10-26(25)39-33)31(21)22-17-34-27(13-20(22)30)19-11-12-19/h3-10,13-14,17-19,28-29,35H,11-12,15-16H2,1-2H3,(H2,36,37,40)(H2,38,39,41). The maximum Gasteiger partial charge on any atom is 0.241 e. The molecule has 5 N–H and O–H groups in total. The summed E-state index contributed by atoms with van der Waals surface area (Å²) in [5.74, 6) is 1.86.